The fourth-order valence-electron chi connectivity index (χ4n) is 5.10. The summed E-state index contributed by atoms with van der Waals surface area (Å²) in [5.41, 5.74) is 1.99. The van der Waals surface area contributed by atoms with Crippen LogP contribution in [0.1, 0.15) is 32.1 Å². The summed E-state index contributed by atoms with van der Waals surface area (Å²) in [6.45, 7) is 0. The van der Waals surface area contributed by atoms with Crippen LogP contribution in [-0.4, -0.2) is 26.0 Å². The van der Waals surface area contributed by atoms with Gasteiger partial charge in [-0.25, -0.2) is 15.0 Å². The number of H-pyrrole nitrogens is 1. The molecule has 0 aromatic carbocycles. The molecule has 2 bridgehead atoms. The van der Waals surface area contributed by atoms with Crippen LogP contribution in [-0.2, 0) is 0 Å². The molecule has 3 aliphatic rings. The molecule has 0 aliphatic heterocycles. The summed E-state index contributed by atoms with van der Waals surface area (Å²) in [6.07, 6.45) is 9.93. The first-order valence-electron chi connectivity index (χ1n) is 10.6. The Bertz CT molecular complexity index is 1190. The number of furan rings is 1. The Morgan fingerprint density at radius 1 is 1.07 bits per heavy atom. The van der Waals surface area contributed by atoms with Crippen LogP contribution < -0.4 is 5.32 Å². The van der Waals surface area contributed by atoms with Gasteiger partial charge >= 0.3 is 0 Å². The summed E-state index contributed by atoms with van der Waals surface area (Å²) in [5.74, 6) is 3.07. The maximum absolute atomic E-state index is 13.5. The molecule has 1 unspecified atom stereocenters. The zero-order valence-corrected chi connectivity index (χ0v) is 16.4. The van der Waals surface area contributed by atoms with Crippen LogP contribution in [0, 0.1) is 17.8 Å². The van der Waals surface area contributed by atoms with Gasteiger partial charge in [0.05, 0.1) is 6.26 Å². The van der Waals surface area contributed by atoms with Gasteiger partial charge in [0.1, 0.15) is 17.2 Å². The van der Waals surface area contributed by atoms with Crippen molar-refractivity contribution in [2.45, 2.75) is 38.1 Å². The molecule has 7 heteroatoms. The number of anilines is 1. The Kier molecular flexibility index (Phi) is 4.07. The second-order valence-corrected chi connectivity index (χ2v) is 8.44. The highest BCUT2D eigenvalue weighted by atomic mass is 19.1. The van der Waals surface area contributed by atoms with Crippen LogP contribution in [0.5, 0.6) is 0 Å². The highest BCUT2D eigenvalue weighted by molar-refractivity contribution is 5.92. The minimum absolute atomic E-state index is 0.448. The molecular weight excluding hydrogens is 381 g/mol. The maximum Gasteiger partial charge on any atom is 0.214 e. The minimum atomic E-state index is -0.518. The Morgan fingerprint density at radius 2 is 1.97 bits per heavy atom. The topological polar surface area (TPSA) is 79.6 Å². The number of aromatic nitrogens is 4. The molecule has 2 N–H and O–H groups in total. The third-order valence-electron chi connectivity index (χ3n) is 6.63. The second kappa shape index (κ2) is 6.93. The lowest BCUT2D eigenvalue weighted by Crippen LogP contribution is -2.40. The third-order valence-corrected chi connectivity index (χ3v) is 6.63. The average Bonchev–Trinajstić information content (AvgIpc) is 3.44. The molecular formula is C23H22FN5O. The molecule has 0 radical (unpaired) electrons. The summed E-state index contributed by atoms with van der Waals surface area (Å²) in [7, 11) is 0. The SMILES string of the molecule is Fc1ccc2c(-c3nc(NC4CC5CCC4CC5)cc(-c4ccco4)n3)c[nH]c2n1. The average molecular weight is 403 g/mol. The van der Waals surface area contributed by atoms with Crippen LogP contribution in [0.3, 0.4) is 0 Å². The second-order valence-electron chi connectivity index (χ2n) is 8.44. The Hall–Kier alpha value is -3.22. The summed E-state index contributed by atoms with van der Waals surface area (Å²) in [4.78, 5) is 16.5. The Balaban J connectivity index is 1.43. The van der Waals surface area contributed by atoms with Gasteiger partial charge in [0.2, 0.25) is 5.95 Å². The number of hydrogen-bond acceptors (Lipinski definition) is 5. The van der Waals surface area contributed by atoms with Crippen molar-refractivity contribution in [1.82, 2.24) is 19.9 Å². The number of halogens is 1. The number of pyridine rings is 1. The lowest BCUT2D eigenvalue weighted by atomic mass is 9.68. The van der Waals surface area contributed by atoms with Gasteiger partial charge in [-0.1, -0.05) is 12.8 Å². The summed E-state index contributed by atoms with van der Waals surface area (Å²) in [6, 6.07) is 9.21. The van der Waals surface area contributed by atoms with Crippen LogP contribution in [0.15, 0.2) is 47.2 Å². The first-order valence-corrected chi connectivity index (χ1v) is 10.6. The van der Waals surface area contributed by atoms with Crippen molar-refractivity contribution < 1.29 is 8.81 Å². The predicted octanol–water partition coefficient (Wildman–Crippen LogP) is 5.41. The van der Waals surface area contributed by atoms with Crippen molar-refractivity contribution >= 4 is 16.9 Å². The largest absolute Gasteiger partial charge is 0.463 e. The lowest BCUT2D eigenvalue weighted by molar-refractivity contribution is 0.157. The van der Waals surface area contributed by atoms with E-state index in [4.69, 9.17) is 14.4 Å². The van der Waals surface area contributed by atoms with Crippen molar-refractivity contribution in [2.75, 3.05) is 5.32 Å². The van der Waals surface area contributed by atoms with Gasteiger partial charge in [-0.15, -0.1) is 0 Å². The van der Waals surface area contributed by atoms with E-state index in [1.54, 1.807) is 18.5 Å². The summed E-state index contributed by atoms with van der Waals surface area (Å²) >= 11 is 0. The molecule has 1 atom stereocenters. The van der Waals surface area contributed by atoms with Crippen molar-refractivity contribution in [3.05, 3.63) is 48.7 Å². The molecule has 0 amide bonds. The van der Waals surface area contributed by atoms with E-state index in [2.05, 4.69) is 15.3 Å². The van der Waals surface area contributed by atoms with Gasteiger partial charge < -0.3 is 14.7 Å². The fourth-order valence-corrected chi connectivity index (χ4v) is 5.10. The molecule has 4 aromatic heterocycles. The standard InChI is InChI=1S/C23H22FN5O/c24-20-8-7-15-16(12-25-22(15)28-20)23-27-18(19-2-1-9-30-19)11-21(29-23)26-17-10-13-3-5-14(17)6-4-13/h1-2,7-9,11-14,17H,3-6,10H2,(H,25,28)(H,26,27,29). The Labute approximate surface area is 173 Å². The molecule has 6 nitrogen and oxygen atoms in total. The molecule has 3 aliphatic carbocycles. The first-order chi connectivity index (χ1) is 14.7. The molecule has 3 fully saturated rings. The van der Waals surface area contributed by atoms with Crippen LogP contribution in [0.25, 0.3) is 33.9 Å². The highest BCUT2D eigenvalue weighted by Gasteiger charge is 2.35. The predicted molar refractivity (Wildman–Crippen MR) is 112 cm³/mol. The van der Waals surface area contributed by atoms with Crippen molar-refractivity contribution in [3.8, 4) is 22.8 Å². The van der Waals surface area contributed by atoms with E-state index < -0.39 is 5.95 Å². The smallest absolute Gasteiger partial charge is 0.214 e. The third kappa shape index (κ3) is 3.05. The van der Waals surface area contributed by atoms with Crippen LogP contribution in [0.2, 0.25) is 0 Å². The lowest BCUT2D eigenvalue weighted by Gasteiger charge is -2.42. The quantitative estimate of drug-likeness (QED) is 0.446. The van der Waals surface area contributed by atoms with Gasteiger partial charge in [0.15, 0.2) is 11.6 Å². The molecule has 4 heterocycles. The van der Waals surface area contributed by atoms with E-state index in [0.717, 1.165) is 28.4 Å². The zero-order chi connectivity index (χ0) is 20.1. The molecule has 3 saturated carbocycles. The van der Waals surface area contributed by atoms with Gasteiger partial charge in [0, 0.05) is 29.3 Å². The molecule has 0 saturated heterocycles. The van der Waals surface area contributed by atoms with E-state index in [1.807, 2.05) is 18.2 Å². The van der Waals surface area contributed by atoms with Crippen LogP contribution in [0.4, 0.5) is 10.2 Å². The molecule has 30 heavy (non-hydrogen) atoms. The van der Waals surface area contributed by atoms with E-state index in [9.17, 15) is 4.39 Å². The summed E-state index contributed by atoms with van der Waals surface area (Å²) in [5, 5.41) is 4.48. The number of fused-ring (bicyclic) bond motifs is 4. The van der Waals surface area contributed by atoms with Gasteiger partial charge in [-0.3, -0.25) is 0 Å². The van der Waals surface area contributed by atoms with E-state index in [1.165, 1.54) is 38.2 Å². The summed E-state index contributed by atoms with van der Waals surface area (Å²) < 4.78 is 19.1. The number of nitrogens with one attached hydrogen (secondary N) is 2. The van der Waals surface area contributed by atoms with Crippen molar-refractivity contribution in [1.29, 1.82) is 0 Å². The maximum atomic E-state index is 13.5. The number of nitrogens with zero attached hydrogens (tertiary/aromatic N) is 3. The fraction of sp³-hybridized carbons (Fsp3) is 0.348. The molecule has 0 spiro atoms. The van der Waals surface area contributed by atoms with Gasteiger partial charge in [0.25, 0.3) is 0 Å². The number of rotatable bonds is 4. The molecule has 152 valence electrons. The van der Waals surface area contributed by atoms with E-state index >= 15 is 0 Å². The number of aromatic amines is 1. The normalized spacial score (nSPS) is 23.2. The van der Waals surface area contributed by atoms with E-state index in [-0.39, 0.29) is 0 Å². The first kappa shape index (κ1) is 17.6. The zero-order valence-electron chi connectivity index (χ0n) is 16.4. The monoisotopic (exact) mass is 403 g/mol. The molecule has 4 aromatic rings. The minimum Gasteiger partial charge on any atom is -0.463 e. The van der Waals surface area contributed by atoms with E-state index in [0.29, 0.717) is 29.2 Å². The highest BCUT2D eigenvalue weighted by Crippen LogP contribution is 2.42. The van der Waals surface area contributed by atoms with Gasteiger partial charge in [-0.2, -0.15) is 4.39 Å². The van der Waals surface area contributed by atoms with Crippen molar-refractivity contribution in [3.63, 3.8) is 0 Å². The van der Waals surface area contributed by atoms with Crippen LogP contribution >= 0.6 is 0 Å². The molecule has 7 rings (SSSR count). The Morgan fingerprint density at radius 3 is 2.73 bits per heavy atom. The van der Waals surface area contributed by atoms with Gasteiger partial charge in [-0.05, 0) is 55.4 Å². The van der Waals surface area contributed by atoms with Crippen molar-refractivity contribution in [2.24, 2.45) is 11.8 Å². The number of hydrogen-bond donors (Lipinski definition) is 2.